The van der Waals surface area contributed by atoms with Crippen LogP contribution in [0, 0.1) is 0 Å². The van der Waals surface area contributed by atoms with Crippen molar-refractivity contribution >= 4 is 34.3 Å². The maximum absolute atomic E-state index is 12.9. The van der Waals surface area contributed by atoms with Gasteiger partial charge in [-0.05, 0) is 45.0 Å². The number of carbonyl (C=O) groups excluding carboxylic acids is 2. The molecule has 0 unspecified atom stereocenters. The highest BCUT2D eigenvalue weighted by molar-refractivity contribution is 6.07. The Labute approximate surface area is 187 Å². The average molecular weight is 434 g/mol. The van der Waals surface area contributed by atoms with Crippen LogP contribution in [0.2, 0.25) is 0 Å². The Bertz CT molecular complexity index is 1130. The predicted octanol–water partition coefficient (Wildman–Crippen LogP) is 3.94. The van der Waals surface area contributed by atoms with Crippen LogP contribution in [0.15, 0.2) is 54.9 Å². The Kier molecular flexibility index (Phi) is 5.94. The van der Waals surface area contributed by atoms with E-state index in [2.05, 4.69) is 20.2 Å². The van der Waals surface area contributed by atoms with Gasteiger partial charge in [-0.15, -0.1) is 0 Å². The molecule has 0 bridgehead atoms. The lowest BCUT2D eigenvalue weighted by atomic mass is 10.2. The zero-order valence-corrected chi connectivity index (χ0v) is 18.5. The van der Waals surface area contributed by atoms with Gasteiger partial charge in [0.05, 0.1) is 11.2 Å². The van der Waals surface area contributed by atoms with Crippen LogP contribution in [-0.4, -0.2) is 58.6 Å². The van der Waals surface area contributed by atoms with Crippen molar-refractivity contribution in [2.24, 2.45) is 0 Å². The Balaban J connectivity index is 1.43. The number of anilines is 2. The molecule has 8 nitrogen and oxygen atoms in total. The largest absolute Gasteiger partial charge is 0.444 e. The van der Waals surface area contributed by atoms with E-state index in [-0.39, 0.29) is 12.0 Å². The molecule has 1 fully saturated rings. The first-order chi connectivity index (χ1) is 15.3. The standard InChI is InChI=1S/C24H27N5O3/c1-24(2,3)32-23(31)29-14-12-28(13-15-29)18-9-11-25-20(16-18)22(30)27-19-8-4-6-17-7-5-10-26-21(17)19/h4-11,16H,12-15H2,1-3H3,(H,27,30). The predicted molar refractivity (Wildman–Crippen MR) is 124 cm³/mol. The van der Waals surface area contributed by atoms with Crippen molar-refractivity contribution in [1.29, 1.82) is 0 Å². The van der Waals surface area contributed by atoms with Crippen molar-refractivity contribution in [2.75, 3.05) is 36.4 Å². The van der Waals surface area contributed by atoms with Crippen molar-refractivity contribution in [1.82, 2.24) is 14.9 Å². The molecule has 1 aliphatic rings. The third-order valence-corrected chi connectivity index (χ3v) is 5.15. The minimum atomic E-state index is -0.513. The van der Waals surface area contributed by atoms with Crippen LogP contribution in [-0.2, 0) is 4.74 Å². The zero-order chi connectivity index (χ0) is 22.7. The normalized spacial score (nSPS) is 14.3. The van der Waals surface area contributed by atoms with Crippen LogP contribution in [0.1, 0.15) is 31.3 Å². The molecule has 0 aliphatic carbocycles. The highest BCUT2D eigenvalue weighted by atomic mass is 16.6. The van der Waals surface area contributed by atoms with Gasteiger partial charge in [0.15, 0.2) is 0 Å². The number of nitrogens with zero attached hydrogens (tertiary/aromatic N) is 4. The van der Waals surface area contributed by atoms with E-state index >= 15 is 0 Å². The van der Waals surface area contributed by atoms with E-state index in [9.17, 15) is 9.59 Å². The number of fused-ring (bicyclic) bond motifs is 1. The summed E-state index contributed by atoms with van der Waals surface area (Å²) in [7, 11) is 0. The Morgan fingerprint density at radius 2 is 1.72 bits per heavy atom. The van der Waals surface area contributed by atoms with Crippen molar-refractivity contribution in [3.8, 4) is 0 Å². The van der Waals surface area contributed by atoms with Crippen LogP contribution in [0.25, 0.3) is 10.9 Å². The summed E-state index contributed by atoms with van der Waals surface area (Å²) in [6.07, 6.45) is 3.04. The quantitative estimate of drug-likeness (QED) is 0.673. The number of rotatable bonds is 3. The van der Waals surface area contributed by atoms with E-state index in [1.807, 2.05) is 57.2 Å². The molecule has 3 aromatic rings. The molecule has 2 amide bonds. The second-order valence-electron chi connectivity index (χ2n) is 8.69. The fraction of sp³-hybridized carbons (Fsp3) is 0.333. The van der Waals surface area contributed by atoms with E-state index in [0.29, 0.717) is 37.6 Å². The van der Waals surface area contributed by atoms with Gasteiger partial charge in [0, 0.05) is 49.6 Å². The third kappa shape index (κ3) is 4.96. The summed E-state index contributed by atoms with van der Waals surface area (Å²) in [4.78, 5) is 37.6. The minimum Gasteiger partial charge on any atom is -0.444 e. The van der Waals surface area contributed by atoms with E-state index in [4.69, 9.17) is 4.74 Å². The summed E-state index contributed by atoms with van der Waals surface area (Å²) in [6, 6.07) is 13.1. The average Bonchev–Trinajstić information content (AvgIpc) is 2.78. The summed E-state index contributed by atoms with van der Waals surface area (Å²) < 4.78 is 5.46. The highest BCUT2D eigenvalue weighted by Crippen LogP contribution is 2.22. The van der Waals surface area contributed by atoms with Crippen LogP contribution in [0.3, 0.4) is 0 Å². The fourth-order valence-electron chi connectivity index (χ4n) is 3.61. The Hall–Kier alpha value is -3.68. The number of pyridine rings is 2. The molecular weight excluding hydrogens is 406 g/mol. The van der Waals surface area contributed by atoms with E-state index < -0.39 is 5.60 Å². The van der Waals surface area contributed by atoms with E-state index in [0.717, 1.165) is 16.6 Å². The van der Waals surface area contributed by atoms with Crippen LogP contribution in [0.5, 0.6) is 0 Å². The Morgan fingerprint density at radius 1 is 0.969 bits per heavy atom. The number of nitrogens with one attached hydrogen (secondary N) is 1. The number of hydrogen-bond acceptors (Lipinski definition) is 6. The number of ether oxygens (including phenoxy) is 1. The second kappa shape index (κ2) is 8.82. The summed E-state index contributed by atoms with van der Waals surface area (Å²) in [6.45, 7) is 7.99. The smallest absolute Gasteiger partial charge is 0.410 e. The number of hydrogen-bond donors (Lipinski definition) is 1. The molecule has 3 heterocycles. The van der Waals surface area contributed by atoms with Crippen molar-refractivity contribution in [2.45, 2.75) is 26.4 Å². The van der Waals surface area contributed by atoms with Gasteiger partial charge in [0.2, 0.25) is 0 Å². The van der Waals surface area contributed by atoms with Gasteiger partial charge >= 0.3 is 6.09 Å². The molecule has 1 aromatic carbocycles. The number of carbonyl (C=O) groups is 2. The molecule has 0 saturated carbocycles. The fourth-order valence-corrected chi connectivity index (χ4v) is 3.61. The topological polar surface area (TPSA) is 87.7 Å². The van der Waals surface area contributed by atoms with Gasteiger partial charge in [-0.3, -0.25) is 14.8 Å². The lowest BCUT2D eigenvalue weighted by molar-refractivity contribution is 0.0240. The van der Waals surface area contributed by atoms with Crippen LogP contribution >= 0.6 is 0 Å². The Morgan fingerprint density at radius 3 is 2.47 bits per heavy atom. The molecule has 0 spiro atoms. The molecule has 1 saturated heterocycles. The second-order valence-corrected chi connectivity index (χ2v) is 8.69. The van der Waals surface area contributed by atoms with E-state index in [1.54, 1.807) is 23.4 Å². The number of aromatic nitrogens is 2. The molecule has 32 heavy (non-hydrogen) atoms. The molecular formula is C24H27N5O3. The maximum Gasteiger partial charge on any atom is 0.410 e. The minimum absolute atomic E-state index is 0.294. The molecule has 166 valence electrons. The number of benzene rings is 1. The molecule has 1 aliphatic heterocycles. The first-order valence-electron chi connectivity index (χ1n) is 10.6. The lowest BCUT2D eigenvalue weighted by Gasteiger charge is -2.36. The molecule has 4 rings (SSSR count). The zero-order valence-electron chi connectivity index (χ0n) is 18.5. The highest BCUT2D eigenvalue weighted by Gasteiger charge is 2.26. The van der Waals surface area contributed by atoms with Crippen LogP contribution in [0.4, 0.5) is 16.2 Å². The molecule has 0 radical (unpaired) electrons. The van der Waals surface area contributed by atoms with Crippen molar-refractivity contribution in [3.63, 3.8) is 0 Å². The van der Waals surface area contributed by atoms with E-state index in [1.165, 1.54) is 0 Å². The van der Waals surface area contributed by atoms with Crippen molar-refractivity contribution in [3.05, 3.63) is 60.6 Å². The summed E-state index contributed by atoms with van der Waals surface area (Å²) in [5.41, 5.74) is 2.08. The van der Waals surface area contributed by atoms with Gasteiger partial charge in [-0.25, -0.2) is 4.79 Å². The van der Waals surface area contributed by atoms with Gasteiger partial charge < -0.3 is 19.9 Å². The molecule has 1 N–H and O–H groups in total. The first kappa shape index (κ1) is 21.5. The van der Waals surface area contributed by atoms with Crippen molar-refractivity contribution < 1.29 is 14.3 Å². The SMILES string of the molecule is CC(C)(C)OC(=O)N1CCN(c2ccnc(C(=O)Nc3cccc4cccnc34)c2)CC1. The lowest BCUT2D eigenvalue weighted by Crippen LogP contribution is -2.50. The third-order valence-electron chi connectivity index (χ3n) is 5.15. The maximum atomic E-state index is 12.9. The molecule has 8 heteroatoms. The van der Waals surface area contributed by atoms with Gasteiger partial charge in [-0.1, -0.05) is 18.2 Å². The monoisotopic (exact) mass is 433 g/mol. The summed E-state index contributed by atoms with van der Waals surface area (Å²) in [5.74, 6) is -0.294. The molecule has 0 atom stereocenters. The first-order valence-corrected chi connectivity index (χ1v) is 10.6. The van der Waals surface area contributed by atoms with Crippen LogP contribution < -0.4 is 10.2 Å². The number of amides is 2. The summed E-state index contributed by atoms with van der Waals surface area (Å²) in [5, 5.41) is 3.88. The van der Waals surface area contributed by atoms with Gasteiger partial charge in [0.1, 0.15) is 11.3 Å². The van der Waals surface area contributed by atoms with Gasteiger partial charge in [0.25, 0.3) is 5.91 Å². The summed E-state index contributed by atoms with van der Waals surface area (Å²) >= 11 is 0. The van der Waals surface area contributed by atoms with Gasteiger partial charge in [-0.2, -0.15) is 0 Å². The number of piperazine rings is 1. The number of para-hydroxylation sites is 1. The molecule has 2 aromatic heterocycles.